The molecule has 0 unspecified atom stereocenters. The summed E-state index contributed by atoms with van der Waals surface area (Å²) >= 11 is 6.03. The zero-order valence-electron chi connectivity index (χ0n) is 19.9. The summed E-state index contributed by atoms with van der Waals surface area (Å²) in [6.07, 6.45) is 0. The van der Waals surface area contributed by atoms with Gasteiger partial charge >= 0.3 is 0 Å². The number of rotatable bonds is 5. The van der Waals surface area contributed by atoms with Gasteiger partial charge < -0.3 is 0 Å². The highest BCUT2D eigenvalue weighted by Crippen LogP contribution is 2.29. The Morgan fingerprint density at radius 1 is 0.297 bits per heavy atom. The van der Waals surface area contributed by atoms with Gasteiger partial charge in [-0.1, -0.05) is 133 Å². The van der Waals surface area contributed by atoms with E-state index in [1.807, 2.05) is 84.9 Å². The van der Waals surface area contributed by atoms with E-state index in [2.05, 4.69) is 48.5 Å². The van der Waals surface area contributed by atoms with Crippen molar-refractivity contribution in [1.82, 2.24) is 15.0 Å². The summed E-state index contributed by atoms with van der Waals surface area (Å²) in [7, 11) is 0. The van der Waals surface area contributed by atoms with Gasteiger partial charge in [0.25, 0.3) is 0 Å². The van der Waals surface area contributed by atoms with Crippen molar-refractivity contribution >= 4 is 11.6 Å². The molecule has 1 aromatic heterocycles. The quantitative estimate of drug-likeness (QED) is 0.240. The van der Waals surface area contributed by atoms with Gasteiger partial charge in [0.1, 0.15) is 0 Å². The van der Waals surface area contributed by atoms with E-state index < -0.39 is 0 Å². The van der Waals surface area contributed by atoms with Crippen LogP contribution in [0.4, 0.5) is 0 Å². The van der Waals surface area contributed by atoms with Crippen LogP contribution in [0.5, 0.6) is 0 Å². The van der Waals surface area contributed by atoms with Crippen LogP contribution in [0.25, 0.3) is 56.4 Å². The molecule has 0 saturated carbocycles. The van der Waals surface area contributed by atoms with Crippen LogP contribution in [-0.4, -0.2) is 15.0 Å². The Balaban J connectivity index is 1.33. The molecule has 0 amide bonds. The molecule has 0 spiro atoms. The predicted octanol–water partition coefficient (Wildman–Crippen LogP) is 8.86. The minimum atomic E-state index is 0.650. The van der Waals surface area contributed by atoms with Gasteiger partial charge in [0.2, 0.25) is 0 Å². The van der Waals surface area contributed by atoms with Gasteiger partial charge in [-0.3, -0.25) is 0 Å². The molecule has 0 fully saturated rings. The second-order valence-electron chi connectivity index (χ2n) is 8.70. The lowest BCUT2D eigenvalue weighted by Gasteiger charge is -2.09. The molecular weight excluding hydrogens is 474 g/mol. The van der Waals surface area contributed by atoms with Crippen LogP contribution in [-0.2, 0) is 0 Å². The molecule has 0 atom stereocenters. The molecule has 0 radical (unpaired) electrons. The Labute approximate surface area is 221 Å². The molecule has 4 heteroatoms. The molecule has 0 aliphatic heterocycles. The lowest BCUT2D eigenvalue weighted by molar-refractivity contribution is 1.07. The molecule has 6 aromatic rings. The standard InChI is InChI=1S/C33H22ClN3/c34-30-21-19-26(20-22-30)24-13-11-23(12-14-24)25-15-17-29(18-16-25)33-36-31(27-7-3-1-4-8-27)35-32(37-33)28-9-5-2-6-10-28/h1-22H. The molecule has 5 aromatic carbocycles. The zero-order chi connectivity index (χ0) is 25.0. The summed E-state index contributed by atoms with van der Waals surface area (Å²) in [5.41, 5.74) is 7.44. The SMILES string of the molecule is Clc1ccc(-c2ccc(-c3ccc(-c4nc(-c5ccccc5)nc(-c5ccccc5)n4)cc3)cc2)cc1. The smallest absolute Gasteiger partial charge is 0.164 e. The molecule has 0 aliphatic rings. The van der Waals surface area contributed by atoms with Crippen molar-refractivity contribution in [2.75, 3.05) is 0 Å². The van der Waals surface area contributed by atoms with Crippen LogP contribution in [0.3, 0.4) is 0 Å². The minimum absolute atomic E-state index is 0.650. The molecule has 3 nitrogen and oxygen atoms in total. The third-order valence-corrected chi connectivity index (χ3v) is 6.49. The fraction of sp³-hybridized carbons (Fsp3) is 0. The molecule has 6 rings (SSSR count). The van der Waals surface area contributed by atoms with Crippen LogP contribution in [0.15, 0.2) is 133 Å². The Kier molecular flexibility index (Phi) is 6.28. The Morgan fingerprint density at radius 2 is 0.568 bits per heavy atom. The van der Waals surface area contributed by atoms with Crippen molar-refractivity contribution in [3.05, 3.63) is 138 Å². The third-order valence-electron chi connectivity index (χ3n) is 6.24. The van der Waals surface area contributed by atoms with Crippen LogP contribution in [0, 0.1) is 0 Å². The Morgan fingerprint density at radius 3 is 0.919 bits per heavy atom. The van der Waals surface area contributed by atoms with E-state index in [1.165, 1.54) is 0 Å². The molecule has 0 aliphatic carbocycles. The van der Waals surface area contributed by atoms with E-state index in [1.54, 1.807) is 0 Å². The summed E-state index contributed by atoms with van der Waals surface area (Å²) in [5, 5.41) is 0.741. The number of benzene rings is 5. The van der Waals surface area contributed by atoms with E-state index in [0.29, 0.717) is 17.5 Å². The summed E-state index contributed by atoms with van der Waals surface area (Å²) in [6, 6.07) is 44.9. The highest BCUT2D eigenvalue weighted by Gasteiger charge is 2.12. The molecule has 37 heavy (non-hydrogen) atoms. The maximum atomic E-state index is 6.03. The second kappa shape index (κ2) is 10.2. The summed E-state index contributed by atoms with van der Waals surface area (Å²) in [4.78, 5) is 14.4. The van der Waals surface area contributed by atoms with Crippen molar-refractivity contribution in [3.63, 3.8) is 0 Å². The first-order chi connectivity index (χ1) is 18.2. The first kappa shape index (κ1) is 22.8. The normalized spacial score (nSPS) is 10.8. The molecule has 0 saturated heterocycles. The number of hydrogen-bond donors (Lipinski definition) is 0. The van der Waals surface area contributed by atoms with E-state index in [9.17, 15) is 0 Å². The van der Waals surface area contributed by atoms with Crippen molar-refractivity contribution in [3.8, 4) is 56.4 Å². The molecular formula is C33H22ClN3. The maximum Gasteiger partial charge on any atom is 0.164 e. The highest BCUT2D eigenvalue weighted by atomic mass is 35.5. The molecule has 1 heterocycles. The number of nitrogens with zero attached hydrogens (tertiary/aromatic N) is 3. The zero-order valence-corrected chi connectivity index (χ0v) is 20.7. The Hall–Kier alpha value is -4.60. The molecule has 176 valence electrons. The van der Waals surface area contributed by atoms with Gasteiger partial charge in [-0.15, -0.1) is 0 Å². The average Bonchev–Trinajstić information content (AvgIpc) is 2.98. The van der Waals surface area contributed by atoms with Gasteiger partial charge in [0.15, 0.2) is 17.5 Å². The minimum Gasteiger partial charge on any atom is -0.208 e. The van der Waals surface area contributed by atoms with Crippen molar-refractivity contribution in [2.45, 2.75) is 0 Å². The van der Waals surface area contributed by atoms with E-state index in [-0.39, 0.29) is 0 Å². The summed E-state index contributed by atoms with van der Waals surface area (Å²) in [6.45, 7) is 0. The lowest BCUT2D eigenvalue weighted by Crippen LogP contribution is -2.00. The fourth-order valence-corrected chi connectivity index (χ4v) is 4.37. The fourth-order valence-electron chi connectivity index (χ4n) is 4.25. The first-order valence-electron chi connectivity index (χ1n) is 12.1. The number of halogens is 1. The van der Waals surface area contributed by atoms with Crippen molar-refractivity contribution in [1.29, 1.82) is 0 Å². The van der Waals surface area contributed by atoms with Gasteiger partial charge in [-0.25, -0.2) is 15.0 Å². The lowest BCUT2D eigenvalue weighted by atomic mass is 9.99. The van der Waals surface area contributed by atoms with Crippen LogP contribution < -0.4 is 0 Å². The van der Waals surface area contributed by atoms with Gasteiger partial charge in [-0.05, 0) is 34.4 Å². The first-order valence-corrected chi connectivity index (χ1v) is 12.4. The van der Waals surface area contributed by atoms with Crippen molar-refractivity contribution < 1.29 is 0 Å². The molecule has 0 N–H and O–H groups in total. The third kappa shape index (κ3) is 5.04. The van der Waals surface area contributed by atoms with E-state index in [4.69, 9.17) is 26.6 Å². The predicted molar refractivity (Wildman–Crippen MR) is 152 cm³/mol. The largest absolute Gasteiger partial charge is 0.208 e. The van der Waals surface area contributed by atoms with Crippen LogP contribution >= 0.6 is 11.6 Å². The molecule has 0 bridgehead atoms. The monoisotopic (exact) mass is 495 g/mol. The maximum absolute atomic E-state index is 6.03. The van der Waals surface area contributed by atoms with E-state index >= 15 is 0 Å². The van der Waals surface area contributed by atoms with Crippen LogP contribution in [0.1, 0.15) is 0 Å². The van der Waals surface area contributed by atoms with Crippen LogP contribution in [0.2, 0.25) is 5.02 Å². The average molecular weight is 496 g/mol. The number of hydrogen-bond acceptors (Lipinski definition) is 3. The van der Waals surface area contributed by atoms with E-state index in [0.717, 1.165) is 44.0 Å². The Bertz CT molecular complexity index is 1570. The summed E-state index contributed by atoms with van der Waals surface area (Å²) in [5.74, 6) is 1.97. The topological polar surface area (TPSA) is 38.7 Å². The van der Waals surface area contributed by atoms with Gasteiger partial charge in [0.05, 0.1) is 0 Å². The second-order valence-corrected chi connectivity index (χ2v) is 9.14. The number of aromatic nitrogens is 3. The van der Waals surface area contributed by atoms with Gasteiger partial charge in [-0.2, -0.15) is 0 Å². The van der Waals surface area contributed by atoms with Gasteiger partial charge in [0, 0.05) is 21.7 Å². The highest BCUT2D eigenvalue weighted by molar-refractivity contribution is 6.30. The van der Waals surface area contributed by atoms with Crippen molar-refractivity contribution in [2.24, 2.45) is 0 Å². The summed E-state index contributed by atoms with van der Waals surface area (Å²) < 4.78 is 0.